The Morgan fingerprint density at radius 2 is 2.07 bits per heavy atom. The lowest BCUT2D eigenvalue weighted by Crippen LogP contribution is -2.28. The van der Waals surface area contributed by atoms with E-state index in [1.807, 2.05) is 12.0 Å². The topological polar surface area (TPSA) is 89.6 Å². The highest BCUT2D eigenvalue weighted by Gasteiger charge is 2.16. The van der Waals surface area contributed by atoms with E-state index in [4.69, 9.17) is 28.7 Å². The largest absolute Gasteiger partial charge is 0.300 e. The Hall–Kier alpha value is -3.74. The molecule has 0 bridgehead atoms. The van der Waals surface area contributed by atoms with Gasteiger partial charge in [0.1, 0.15) is 5.82 Å². The first-order valence-electron chi connectivity index (χ1n) is 7.59. The summed E-state index contributed by atoms with van der Waals surface area (Å²) in [4.78, 5) is 16.4. The number of aromatic nitrogens is 1. The van der Waals surface area contributed by atoms with Crippen LogP contribution in [0.25, 0.3) is 22.0 Å². The van der Waals surface area contributed by atoms with Crippen molar-refractivity contribution < 1.29 is 9.18 Å². The molecule has 0 saturated carbocycles. The van der Waals surface area contributed by atoms with Crippen molar-refractivity contribution in [3.63, 3.8) is 0 Å². The van der Waals surface area contributed by atoms with Gasteiger partial charge in [-0.1, -0.05) is 17.7 Å². The molecule has 1 heterocycles. The van der Waals surface area contributed by atoms with E-state index >= 15 is 0 Å². The standard InChI is InChI=1S/C20H10ClFN4O/c1-2-18(24)26-20(27)12-4-6-17-14(8-12)19(15(21)10-25-17)13-5-3-11(9-23)7-16(13)22/h1,3-8,10H,(H2,24,26,27). The van der Waals surface area contributed by atoms with Crippen molar-refractivity contribution >= 4 is 34.2 Å². The van der Waals surface area contributed by atoms with Crippen LogP contribution < -0.4 is 5.32 Å². The summed E-state index contributed by atoms with van der Waals surface area (Å²) in [5.74, 6) is 0.441. The molecule has 2 N–H and O–H groups in total. The molecule has 0 unspecified atom stereocenters. The number of amides is 1. The van der Waals surface area contributed by atoms with Crippen molar-refractivity contribution in [2.75, 3.05) is 0 Å². The van der Waals surface area contributed by atoms with Crippen LogP contribution in [-0.2, 0) is 0 Å². The van der Waals surface area contributed by atoms with Gasteiger partial charge in [-0.15, -0.1) is 6.42 Å². The summed E-state index contributed by atoms with van der Waals surface area (Å²) in [5.41, 5.74) is 1.42. The van der Waals surface area contributed by atoms with E-state index < -0.39 is 11.7 Å². The molecule has 0 fully saturated rings. The summed E-state index contributed by atoms with van der Waals surface area (Å²) in [5, 5.41) is 19.2. The molecule has 2 aromatic carbocycles. The normalized spacial score (nSPS) is 10.1. The van der Waals surface area contributed by atoms with E-state index in [-0.39, 0.29) is 27.5 Å². The van der Waals surface area contributed by atoms with E-state index in [2.05, 4.69) is 10.3 Å². The molecule has 0 aliphatic carbocycles. The van der Waals surface area contributed by atoms with E-state index in [1.54, 1.807) is 6.07 Å². The highest BCUT2D eigenvalue weighted by molar-refractivity contribution is 6.34. The Morgan fingerprint density at radius 1 is 1.30 bits per heavy atom. The van der Waals surface area contributed by atoms with Gasteiger partial charge in [-0.25, -0.2) is 4.39 Å². The molecule has 27 heavy (non-hydrogen) atoms. The number of rotatable bonds is 2. The number of nitriles is 1. The summed E-state index contributed by atoms with van der Waals surface area (Å²) >= 11 is 6.27. The smallest absolute Gasteiger partial charge is 0.257 e. The fourth-order valence-corrected chi connectivity index (χ4v) is 2.84. The van der Waals surface area contributed by atoms with Crippen LogP contribution in [0.5, 0.6) is 0 Å². The molecule has 3 aromatic rings. The van der Waals surface area contributed by atoms with Crippen LogP contribution in [0.15, 0.2) is 42.6 Å². The van der Waals surface area contributed by atoms with Gasteiger partial charge in [0, 0.05) is 28.3 Å². The summed E-state index contributed by atoms with van der Waals surface area (Å²) in [6.45, 7) is 0. The van der Waals surface area contributed by atoms with Crippen molar-refractivity contribution in [1.82, 2.24) is 10.3 Å². The number of amidine groups is 1. The average molecular weight is 377 g/mol. The molecule has 0 saturated heterocycles. The number of halogens is 2. The zero-order chi connectivity index (χ0) is 19.6. The number of fused-ring (bicyclic) bond motifs is 1. The quantitative estimate of drug-likeness (QED) is 0.403. The van der Waals surface area contributed by atoms with Gasteiger partial charge in [-0.2, -0.15) is 5.26 Å². The predicted octanol–water partition coefficient (Wildman–Crippen LogP) is 3.91. The Kier molecular flexibility index (Phi) is 4.85. The minimum absolute atomic E-state index is 0.179. The lowest BCUT2D eigenvalue weighted by molar-refractivity contribution is 0.0977. The van der Waals surface area contributed by atoms with Crippen molar-refractivity contribution in [2.24, 2.45) is 0 Å². The van der Waals surface area contributed by atoms with Crippen LogP contribution in [0.3, 0.4) is 0 Å². The maximum atomic E-state index is 14.5. The Bertz CT molecular complexity index is 1190. The van der Waals surface area contributed by atoms with Gasteiger partial charge in [0.15, 0.2) is 5.84 Å². The second kappa shape index (κ2) is 7.25. The summed E-state index contributed by atoms with van der Waals surface area (Å²) in [7, 11) is 0. The first kappa shape index (κ1) is 18.1. The first-order chi connectivity index (χ1) is 12.9. The molecule has 1 aromatic heterocycles. The predicted molar refractivity (Wildman–Crippen MR) is 101 cm³/mol. The number of benzene rings is 2. The van der Waals surface area contributed by atoms with E-state index in [0.29, 0.717) is 16.5 Å². The fraction of sp³-hybridized carbons (Fsp3) is 0. The molecule has 0 aliphatic heterocycles. The van der Waals surface area contributed by atoms with Gasteiger partial charge in [-0.05, 0) is 36.3 Å². The molecule has 1 amide bonds. The van der Waals surface area contributed by atoms with Gasteiger partial charge in [0.2, 0.25) is 0 Å². The maximum absolute atomic E-state index is 14.5. The molecule has 5 nitrogen and oxygen atoms in total. The minimum atomic E-state index is -0.618. The summed E-state index contributed by atoms with van der Waals surface area (Å²) in [6, 6.07) is 10.5. The van der Waals surface area contributed by atoms with Crippen LogP contribution in [0, 0.1) is 34.9 Å². The Labute approximate surface area is 158 Å². The number of pyridine rings is 1. The van der Waals surface area contributed by atoms with Crippen LogP contribution in [0.2, 0.25) is 5.02 Å². The molecule has 7 heteroatoms. The van der Waals surface area contributed by atoms with Gasteiger partial charge in [0.05, 0.1) is 22.2 Å². The number of terminal acetylenes is 1. The van der Waals surface area contributed by atoms with Gasteiger partial charge in [-0.3, -0.25) is 20.5 Å². The third kappa shape index (κ3) is 3.48. The fourth-order valence-electron chi connectivity index (χ4n) is 2.59. The summed E-state index contributed by atoms with van der Waals surface area (Å²) < 4.78 is 14.5. The number of carbonyl (C=O) groups excluding carboxylic acids is 1. The maximum Gasteiger partial charge on any atom is 0.257 e. The molecule has 0 spiro atoms. The van der Waals surface area contributed by atoms with Gasteiger partial charge >= 0.3 is 0 Å². The third-order valence-corrected chi connectivity index (χ3v) is 4.12. The molecule has 0 radical (unpaired) electrons. The monoisotopic (exact) mass is 376 g/mol. The van der Waals surface area contributed by atoms with Crippen LogP contribution in [-0.4, -0.2) is 16.7 Å². The molecular formula is C20H10ClFN4O. The lowest BCUT2D eigenvalue weighted by Gasteiger charge is -2.11. The minimum Gasteiger partial charge on any atom is -0.300 e. The molecular weight excluding hydrogens is 367 g/mol. The van der Waals surface area contributed by atoms with Crippen molar-refractivity contribution in [1.29, 1.82) is 10.7 Å². The molecule has 0 aliphatic rings. The second-order valence-corrected chi connectivity index (χ2v) is 5.90. The van der Waals surface area contributed by atoms with Crippen molar-refractivity contribution in [3.05, 3.63) is 64.6 Å². The van der Waals surface area contributed by atoms with Crippen LogP contribution in [0.1, 0.15) is 15.9 Å². The van der Waals surface area contributed by atoms with Crippen LogP contribution >= 0.6 is 11.6 Å². The molecule has 130 valence electrons. The highest BCUT2D eigenvalue weighted by atomic mass is 35.5. The second-order valence-electron chi connectivity index (χ2n) is 5.49. The van der Waals surface area contributed by atoms with Crippen molar-refractivity contribution in [3.8, 4) is 29.5 Å². The average Bonchev–Trinajstić information content (AvgIpc) is 2.67. The van der Waals surface area contributed by atoms with E-state index in [1.165, 1.54) is 30.5 Å². The number of carbonyl (C=O) groups is 1. The number of nitrogens with one attached hydrogen (secondary N) is 2. The first-order valence-corrected chi connectivity index (χ1v) is 7.97. The number of hydrogen-bond acceptors (Lipinski definition) is 4. The number of hydrogen-bond donors (Lipinski definition) is 2. The zero-order valence-electron chi connectivity index (χ0n) is 13.7. The Balaban J connectivity index is 2.21. The third-order valence-electron chi connectivity index (χ3n) is 3.83. The lowest BCUT2D eigenvalue weighted by atomic mass is 9.98. The Morgan fingerprint density at radius 3 is 2.74 bits per heavy atom. The van der Waals surface area contributed by atoms with Gasteiger partial charge < -0.3 is 0 Å². The SMILES string of the molecule is C#CC(=N)NC(=O)c1ccc2ncc(Cl)c(-c3ccc(C#N)cc3F)c2c1. The van der Waals surface area contributed by atoms with Crippen LogP contribution in [0.4, 0.5) is 4.39 Å². The van der Waals surface area contributed by atoms with E-state index in [0.717, 1.165) is 6.07 Å². The zero-order valence-corrected chi connectivity index (χ0v) is 14.4. The van der Waals surface area contributed by atoms with Gasteiger partial charge in [0.25, 0.3) is 5.91 Å². The highest BCUT2D eigenvalue weighted by Crippen LogP contribution is 2.36. The molecule has 0 atom stereocenters. The van der Waals surface area contributed by atoms with E-state index in [9.17, 15) is 9.18 Å². The molecule has 3 rings (SSSR count). The van der Waals surface area contributed by atoms with Crippen molar-refractivity contribution in [2.45, 2.75) is 0 Å². The number of nitrogens with zero attached hydrogens (tertiary/aromatic N) is 2. The summed E-state index contributed by atoms with van der Waals surface area (Å²) in [6.07, 6.45) is 6.46.